The van der Waals surface area contributed by atoms with E-state index in [9.17, 15) is 0 Å². The number of benzene rings is 1. The fourth-order valence-electron chi connectivity index (χ4n) is 4.53. The van der Waals surface area contributed by atoms with Crippen LogP contribution in [-0.2, 0) is 0 Å². The SMILES string of the molecule is CCOc1cc(-c2oc(C)nc2C)ccc1Nc1ncc2cc(C)nc(N3CC(C)(C)C3)c2n1. The first-order chi connectivity index (χ1) is 16.2. The number of nitrogens with one attached hydrogen (secondary N) is 1. The largest absolute Gasteiger partial charge is 0.492 e. The molecule has 0 saturated carbocycles. The smallest absolute Gasteiger partial charge is 0.227 e. The molecule has 1 fully saturated rings. The Kier molecular flexibility index (Phi) is 5.38. The van der Waals surface area contributed by atoms with E-state index < -0.39 is 0 Å². The predicted molar refractivity (Wildman–Crippen MR) is 134 cm³/mol. The van der Waals surface area contributed by atoms with Gasteiger partial charge in [-0.25, -0.2) is 19.9 Å². The van der Waals surface area contributed by atoms with Gasteiger partial charge in [-0.15, -0.1) is 0 Å². The van der Waals surface area contributed by atoms with Crippen LogP contribution in [0.1, 0.15) is 38.0 Å². The number of anilines is 3. The molecule has 1 saturated heterocycles. The zero-order valence-corrected chi connectivity index (χ0v) is 20.6. The number of rotatable bonds is 6. The van der Waals surface area contributed by atoms with E-state index in [1.54, 1.807) is 0 Å². The molecule has 0 aliphatic carbocycles. The van der Waals surface area contributed by atoms with Crippen molar-refractivity contribution in [2.75, 3.05) is 29.9 Å². The van der Waals surface area contributed by atoms with Gasteiger partial charge in [0.05, 0.1) is 18.0 Å². The molecule has 0 bridgehead atoms. The molecule has 0 atom stereocenters. The maximum atomic E-state index is 5.93. The van der Waals surface area contributed by atoms with Gasteiger partial charge in [-0.1, -0.05) is 13.8 Å². The van der Waals surface area contributed by atoms with Crippen LogP contribution in [0.25, 0.3) is 22.2 Å². The summed E-state index contributed by atoms with van der Waals surface area (Å²) in [4.78, 5) is 20.9. The Morgan fingerprint density at radius 1 is 1.09 bits per heavy atom. The second-order valence-electron chi connectivity index (χ2n) is 9.66. The molecule has 8 nitrogen and oxygen atoms in total. The second kappa shape index (κ2) is 8.27. The van der Waals surface area contributed by atoms with Crippen LogP contribution in [0.3, 0.4) is 0 Å². The van der Waals surface area contributed by atoms with Gasteiger partial charge in [0.1, 0.15) is 11.3 Å². The Morgan fingerprint density at radius 3 is 2.56 bits per heavy atom. The maximum absolute atomic E-state index is 5.93. The molecule has 1 aliphatic heterocycles. The van der Waals surface area contributed by atoms with Gasteiger partial charge in [0.15, 0.2) is 17.5 Å². The lowest BCUT2D eigenvalue weighted by Crippen LogP contribution is -2.53. The van der Waals surface area contributed by atoms with Gasteiger partial charge in [0, 0.05) is 42.9 Å². The molecule has 3 aromatic heterocycles. The van der Waals surface area contributed by atoms with Crippen molar-refractivity contribution < 1.29 is 9.15 Å². The summed E-state index contributed by atoms with van der Waals surface area (Å²) in [6.07, 6.45) is 1.85. The molecule has 4 heterocycles. The minimum Gasteiger partial charge on any atom is -0.492 e. The van der Waals surface area contributed by atoms with Gasteiger partial charge >= 0.3 is 0 Å². The van der Waals surface area contributed by atoms with Crippen LogP contribution in [0.5, 0.6) is 5.75 Å². The molecule has 1 aliphatic rings. The van der Waals surface area contributed by atoms with Crippen molar-refractivity contribution in [3.05, 3.63) is 47.7 Å². The third kappa shape index (κ3) is 4.16. The predicted octanol–water partition coefficient (Wildman–Crippen LogP) is 5.59. The molecular weight excluding hydrogens is 428 g/mol. The van der Waals surface area contributed by atoms with Gasteiger partial charge in [-0.2, -0.15) is 0 Å². The first-order valence-electron chi connectivity index (χ1n) is 11.6. The molecule has 0 radical (unpaired) electrons. The monoisotopic (exact) mass is 458 g/mol. The van der Waals surface area contributed by atoms with E-state index in [1.807, 2.05) is 58.2 Å². The van der Waals surface area contributed by atoms with Crippen molar-refractivity contribution in [1.29, 1.82) is 0 Å². The fraction of sp³-hybridized carbons (Fsp3) is 0.385. The Morgan fingerprint density at radius 2 is 1.88 bits per heavy atom. The van der Waals surface area contributed by atoms with Crippen LogP contribution >= 0.6 is 0 Å². The number of ether oxygens (including phenoxy) is 1. The average molecular weight is 459 g/mol. The van der Waals surface area contributed by atoms with Crippen LogP contribution in [0.15, 0.2) is 34.9 Å². The van der Waals surface area contributed by atoms with E-state index in [4.69, 9.17) is 19.1 Å². The summed E-state index contributed by atoms with van der Waals surface area (Å²) < 4.78 is 11.7. The highest BCUT2D eigenvalue weighted by atomic mass is 16.5. The number of hydrogen-bond donors (Lipinski definition) is 1. The normalized spacial score (nSPS) is 14.8. The van der Waals surface area contributed by atoms with E-state index >= 15 is 0 Å². The van der Waals surface area contributed by atoms with Crippen molar-refractivity contribution >= 4 is 28.4 Å². The number of nitrogens with zero attached hydrogens (tertiary/aromatic N) is 5. The maximum Gasteiger partial charge on any atom is 0.227 e. The van der Waals surface area contributed by atoms with Crippen molar-refractivity contribution in [3.8, 4) is 17.1 Å². The Labute approximate surface area is 199 Å². The number of fused-ring (bicyclic) bond motifs is 1. The highest BCUT2D eigenvalue weighted by molar-refractivity contribution is 5.90. The molecule has 0 amide bonds. The molecule has 8 heteroatoms. The molecule has 1 N–H and O–H groups in total. The molecule has 5 rings (SSSR count). The fourth-order valence-corrected chi connectivity index (χ4v) is 4.53. The lowest BCUT2D eigenvalue weighted by atomic mass is 9.84. The van der Waals surface area contributed by atoms with E-state index in [0.29, 0.717) is 29.6 Å². The van der Waals surface area contributed by atoms with Crippen LogP contribution < -0.4 is 15.0 Å². The number of pyridine rings is 1. The summed E-state index contributed by atoms with van der Waals surface area (Å²) in [5, 5.41) is 4.32. The topological polar surface area (TPSA) is 89.2 Å². The number of hydrogen-bond acceptors (Lipinski definition) is 8. The molecule has 0 unspecified atom stereocenters. The minimum absolute atomic E-state index is 0.292. The molecule has 34 heavy (non-hydrogen) atoms. The van der Waals surface area contributed by atoms with Gasteiger partial charge in [0.25, 0.3) is 0 Å². The lowest BCUT2D eigenvalue weighted by Gasteiger charge is -2.46. The van der Waals surface area contributed by atoms with Crippen molar-refractivity contribution in [2.45, 2.75) is 41.5 Å². The molecule has 176 valence electrons. The van der Waals surface area contributed by atoms with E-state index in [1.165, 1.54) is 0 Å². The summed E-state index contributed by atoms with van der Waals surface area (Å²) in [5.41, 5.74) is 4.65. The zero-order chi connectivity index (χ0) is 24.0. The molecular formula is C26H30N6O2. The van der Waals surface area contributed by atoms with Crippen LogP contribution in [0, 0.1) is 26.2 Å². The van der Waals surface area contributed by atoms with E-state index in [2.05, 4.69) is 34.0 Å². The summed E-state index contributed by atoms with van der Waals surface area (Å²) in [6.45, 7) is 14.7. The quantitative estimate of drug-likeness (QED) is 0.400. The lowest BCUT2D eigenvalue weighted by molar-refractivity contribution is 0.275. The second-order valence-corrected chi connectivity index (χ2v) is 9.66. The highest BCUT2D eigenvalue weighted by Crippen LogP contribution is 2.37. The van der Waals surface area contributed by atoms with Crippen molar-refractivity contribution in [1.82, 2.24) is 19.9 Å². The highest BCUT2D eigenvalue weighted by Gasteiger charge is 2.36. The summed E-state index contributed by atoms with van der Waals surface area (Å²) in [6, 6.07) is 7.92. The average Bonchev–Trinajstić information content (AvgIpc) is 3.11. The van der Waals surface area contributed by atoms with Crippen LogP contribution in [0.2, 0.25) is 0 Å². The number of oxazole rings is 1. The summed E-state index contributed by atoms with van der Waals surface area (Å²) >= 11 is 0. The third-order valence-corrected chi connectivity index (χ3v) is 5.91. The summed E-state index contributed by atoms with van der Waals surface area (Å²) in [5.74, 6) is 3.50. The minimum atomic E-state index is 0.292. The Bertz CT molecular complexity index is 1370. The summed E-state index contributed by atoms with van der Waals surface area (Å²) in [7, 11) is 0. The van der Waals surface area contributed by atoms with E-state index in [-0.39, 0.29) is 0 Å². The van der Waals surface area contributed by atoms with Crippen molar-refractivity contribution in [3.63, 3.8) is 0 Å². The van der Waals surface area contributed by atoms with Crippen LogP contribution in [0.4, 0.5) is 17.5 Å². The number of aromatic nitrogens is 4. The van der Waals surface area contributed by atoms with E-state index in [0.717, 1.165) is 58.2 Å². The van der Waals surface area contributed by atoms with Gasteiger partial charge in [-0.3, -0.25) is 0 Å². The van der Waals surface area contributed by atoms with Gasteiger partial charge in [0.2, 0.25) is 5.95 Å². The van der Waals surface area contributed by atoms with Gasteiger partial charge in [-0.05, 0) is 50.5 Å². The zero-order valence-electron chi connectivity index (χ0n) is 20.6. The Balaban J connectivity index is 1.50. The standard InChI is InChI=1S/C26H30N6O2/c1-7-33-21-11-18(23-16(3)29-17(4)34-23)8-9-20(21)30-25-27-12-19-10-15(2)28-24(22(19)31-25)32-13-26(5,6)14-32/h8-12H,7,13-14H2,1-6H3,(H,27,30,31). The van der Waals surface area contributed by atoms with Crippen molar-refractivity contribution in [2.24, 2.45) is 5.41 Å². The Hall–Kier alpha value is -3.68. The van der Waals surface area contributed by atoms with Gasteiger partial charge < -0.3 is 19.4 Å². The molecule has 4 aromatic rings. The molecule has 0 spiro atoms. The number of aryl methyl sites for hydroxylation is 3. The first-order valence-corrected chi connectivity index (χ1v) is 11.6. The molecule has 1 aromatic carbocycles. The van der Waals surface area contributed by atoms with Crippen LogP contribution in [-0.4, -0.2) is 39.6 Å². The third-order valence-electron chi connectivity index (χ3n) is 5.91. The first kappa shape index (κ1) is 22.1.